The molecule has 0 atom stereocenters. The molecular weight excluding hydrogens is 241 g/mol. The lowest BCUT2D eigenvalue weighted by Crippen LogP contribution is -2.56. The Kier molecular flexibility index (Phi) is 2.47. The SMILES string of the molecule is NC1(c2ccccc2C(F)(F)F)CC(F)(F)C1. The van der Waals surface area contributed by atoms with Gasteiger partial charge in [0.15, 0.2) is 0 Å². The molecular formula is C11H10F5N. The molecule has 1 aliphatic carbocycles. The Morgan fingerprint density at radius 2 is 1.59 bits per heavy atom. The largest absolute Gasteiger partial charge is 0.416 e. The highest BCUT2D eigenvalue weighted by molar-refractivity contribution is 5.38. The van der Waals surface area contributed by atoms with Gasteiger partial charge in [-0.15, -0.1) is 0 Å². The minimum atomic E-state index is -4.58. The van der Waals surface area contributed by atoms with E-state index in [1.54, 1.807) is 0 Å². The summed E-state index contributed by atoms with van der Waals surface area (Å²) >= 11 is 0. The second-order valence-corrected chi connectivity index (χ2v) is 4.41. The summed E-state index contributed by atoms with van der Waals surface area (Å²) < 4.78 is 63.6. The first-order chi connectivity index (χ1) is 7.64. The first kappa shape index (κ1) is 12.3. The van der Waals surface area contributed by atoms with E-state index in [1.807, 2.05) is 0 Å². The van der Waals surface area contributed by atoms with Crippen LogP contribution in [-0.2, 0) is 11.7 Å². The quantitative estimate of drug-likeness (QED) is 0.761. The number of rotatable bonds is 1. The first-order valence-corrected chi connectivity index (χ1v) is 4.98. The lowest BCUT2D eigenvalue weighted by molar-refractivity contribution is -0.147. The fourth-order valence-electron chi connectivity index (χ4n) is 2.23. The van der Waals surface area contributed by atoms with Gasteiger partial charge < -0.3 is 5.73 Å². The van der Waals surface area contributed by atoms with Crippen LogP contribution in [0.2, 0.25) is 0 Å². The van der Waals surface area contributed by atoms with Gasteiger partial charge in [-0.25, -0.2) is 8.78 Å². The normalized spacial score (nSPS) is 22.0. The molecule has 0 bridgehead atoms. The second-order valence-electron chi connectivity index (χ2n) is 4.41. The summed E-state index contributed by atoms with van der Waals surface area (Å²) in [5.41, 5.74) is 2.86. The van der Waals surface area contributed by atoms with Crippen molar-refractivity contribution in [2.75, 3.05) is 0 Å². The van der Waals surface area contributed by atoms with Crippen LogP contribution in [0.15, 0.2) is 24.3 Å². The van der Waals surface area contributed by atoms with Crippen LogP contribution in [-0.4, -0.2) is 5.92 Å². The molecule has 6 heteroatoms. The smallest absolute Gasteiger partial charge is 0.321 e. The van der Waals surface area contributed by atoms with Gasteiger partial charge in [0.05, 0.1) is 11.1 Å². The topological polar surface area (TPSA) is 26.0 Å². The van der Waals surface area contributed by atoms with E-state index in [1.165, 1.54) is 12.1 Å². The predicted molar refractivity (Wildman–Crippen MR) is 51.5 cm³/mol. The molecule has 0 aliphatic heterocycles. The number of alkyl halides is 5. The fourth-order valence-corrected chi connectivity index (χ4v) is 2.23. The van der Waals surface area contributed by atoms with Crippen molar-refractivity contribution < 1.29 is 22.0 Å². The Morgan fingerprint density at radius 1 is 1.06 bits per heavy atom. The zero-order valence-corrected chi connectivity index (χ0v) is 8.69. The van der Waals surface area contributed by atoms with Crippen molar-refractivity contribution in [2.24, 2.45) is 5.73 Å². The molecule has 1 aliphatic rings. The van der Waals surface area contributed by atoms with E-state index < -0.39 is 36.0 Å². The van der Waals surface area contributed by atoms with Gasteiger partial charge in [-0.2, -0.15) is 13.2 Å². The molecule has 1 aromatic rings. The molecule has 2 N–H and O–H groups in total. The maximum atomic E-state index is 12.8. The molecule has 1 aromatic carbocycles. The highest BCUT2D eigenvalue weighted by Crippen LogP contribution is 2.52. The highest BCUT2D eigenvalue weighted by atomic mass is 19.4. The Hall–Kier alpha value is -1.17. The van der Waals surface area contributed by atoms with Gasteiger partial charge >= 0.3 is 6.18 Å². The summed E-state index contributed by atoms with van der Waals surface area (Å²) in [7, 11) is 0. The molecule has 0 saturated heterocycles. The molecule has 17 heavy (non-hydrogen) atoms. The summed E-state index contributed by atoms with van der Waals surface area (Å²) in [5, 5.41) is 0. The monoisotopic (exact) mass is 251 g/mol. The Labute approximate surface area is 94.4 Å². The van der Waals surface area contributed by atoms with Gasteiger partial charge in [0, 0.05) is 12.8 Å². The summed E-state index contributed by atoms with van der Waals surface area (Å²) in [6.07, 6.45) is -6.06. The third-order valence-electron chi connectivity index (χ3n) is 2.92. The number of hydrogen-bond acceptors (Lipinski definition) is 1. The molecule has 94 valence electrons. The maximum Gasteiger partial charge on any atom is 0.416 e. The lowest BCUT2D eigenvalue weighted by Gasteiger charge is -2.45. The van der Waals surface area contributed by atoms with Crippen molar-refractivity contribution in [2.45, 2.75) is 30.5 Å². The van der Waals surface area contributed by atoms with Gasteiger partial charge in [0.1, 0.15) is 0 Å². The van der Waals surface area contributed by atoms with Crippen molar-refractivity contribution in [1.82, 2.24) is 0 Å². The molecule has 0 heterocycles. The van der Waals surface area contributed by atoms with Gasteiger partial charge in [-0.1, -0.05) is 18.2 Å². The maximum absolute atomic E-state index is 12.8. The summed E-state index contributed by atoms with van der Waals surface area (Å²) in [5.74, 6) is -2.96. The highest BCUT2D eigenvalue weighted by Gasteiger charge is 2.57. The predicted octanol–water partition coefficient (Wildman–Crippen LogP) is 3.29. The average Bonchev–Trinajstić information content (AvgIpc) is 2.13. The van der Waals surface area contributed by atoms with E-state index in [9.17, 15) is 22.0 Å². The molecule has 1 saturated carbocycles. The Balaban J connectivity index is 2.41. The molecule has 0 amide bonds. The molecule has 0 spiro atoms. The third-order valence-corrected chi connectivity index (χ3v) is 2.92. The number of benzene rings is 1. The van der Waals surface area contributed by atoms with E-state index in [0.29, 0.717) is 0 Å². The van der Waals surface area contributed by atoms with E-state index >= 15 is 0 Å². The molecule has 0 aromatic heterocycles. The Morgan fingerprint density at radius 3 is 2.06 bits per heavy atom. The molecule has 0 radical (unpaired) electrons. The molecule has 0 unspecified atom stereocenters. The van der Waals surface area contributed by atoms with Crippen LogP contribution in [0, 0.1) is 0 Å². The minimum absolute atomic E-state index is 0.251. The van der Waals surface area contributed by atoms with Crippen LogP contribution >= 0.6 is 0 Å². The fraction of sp³-hybridized carbons (Fsp3) is 0.455. The van der Waals surface area contributed by atoms with Crippen molar-refractivity contribution in [1.29, 1.82) is 0 Å². The first-order valence-electron chi connectivity index (χ1n) is 4.98. The van der Waals surface area contributed by atoms with E-state index in [2.05, 4.69) is 0 Å². The molecule has 1 fully saturated rings. The van der Waals surface area contributed by atoms with Crippen molar-refractivity contribution in [3.8, 4) is 0 Å². The third kappa shape index (κ3) is 2.13. The lowest BCUT2D eigenvalue weighted by atomic mass is 9.68. The van der Waals surface area contributed by atoms with Gasteiger partial charge in [0.25, 0.3) is 5.92 Å². The van der Waals surface area contributed by atoms with Gasteiger partial charge in [0.2, 0.25) is 0 Å². The summed E-state index contributed by atoms with van der Waals surface area (Å²) in [4.78, 5) is 0. The van der Waals surface area contributed by atoms with Crippen molar-refractivity contribution in [3.05, 3.63) is 35.4 Å². The van der Waals surface area contributed by atoms with Crippen LogP contribution in [0.3, 0.4) is 0 Å². The number of nitrogens with two attached hydrogens (primary N) is 1. The van der Waals surface area contributed by atoms with Crippen LogP contribution in [0.25, 0.3) is 0 Å². The van der Waals surface area contributed by atoms with Gasteiger partial charge in [-0.05, 0) is 11.6 Å². The molecule has 1 nitrogen and oxygen atoms in total. The average molecular weight is 251 g/mol. The molecule has 2 rings (SSSR count). The zero-order chi connectivity index (χ0) is 12.9. The van der Waals surface area contributed by atoms with Crippen LogP contribution in [0.4, 0.5) is 22.0 Å². The summed E-state index contributed by atoms with van der Waals surface area (Å²) in [6, 6.07) is 4.61. The van der Waals surface area contributed by atoms with Crippen LogP contribution in [0.1, 0.15) is 24.0 Å². The standard InChI is InChI=1S/C11H10F5N/c12-10(13)5-9(17,6-10)7-3-1-2-4-8(7)11(14,15)16/h1-4H,5-6,17H2. The number of halogens is 5. The number of hydrogen-bond donors (Lipinski definition) is 1. The zero-order valence-electron chi connectivity index (χ0n) is 8.69. The van der Waals surface area contributed by atoms with Crippen molar-refractivity contribution in [3.63, 3.8) is 0 Å². The summed E-state index contributed by atoms with van der Waals surface area (Å²) in [6.45, 7) is 0. The van der Waals surface area contributed by atoms with E-state index in [0.717, 1.165) is 12.1 Å². The van der Waals surface area contributed by atoms with E-state index in [4.69, 9.17) is 5.73 Å². The van der Waals surface area contributed by atoms with E-state index in [-0.39, 0.29) is 5.56 Å². The van der Waals surface area contributed by atoms with Gasteiger partial charge in [-0.3, -0.25) is 0 Å². The van der Waals surface area contributed by atoms with Crippen LogP contribution in [0.5, 0.6) is 0 Å². The Bertz CT molecular complexity index is 430. The second kappa shape index (κ2) is 3.41. The minimum Gasteiger partial charge on any atom is -0.321 e. The van der Waals surface area contributed by atoms with Crippen molar-refractivity contribution >= 4 is 0 Å². The van der Waals surface area contributed by atoms with Crippen LogP contribution < -0.4 is 5.73 Å².